The number of Topliss-reactive ketones (excluding diaryl/α,β-unsaturated/α-hetero) is 1. The van der Waals surface area contributed by atoms with Crippen molar-refractivity contribution in [2.75, 3.05) is 6.61 Å². The molecule has 0 atom stereocenters. The van der Waals surface area contributed by atoms with Gasteiger partial charge >= 0.3 is 6.18 Å². The second-order valence-corrected chi connectivity index (χ2v) is 4.97. The number of carbonyl (C=O) groups excluding carboxylic acids is 1. The molecule has 2 aromatic rings. The van der Waals surface area contributed by atoms with Crippen LogP contribution in [0.3, 0.4) is 0 Å². The number of alkyl halides is 3. The van der Waals surface area contributed by atoms with Gasteiger partial charge in [-0.1, -0.05) is 19.9 Å². The summed E-state index contributed by atoms with van der Waals surface area (Å²) < 4.78 is 41.0. The zero-order chi connectivity index (χ0) is 15.6. The largest absolute Gasteiger partial charge is 0.484 e. The molecule has 0 fully saturated rings. The minimum atomic E-state index is -4.37. The Bertz CT molecular complexity index is 666. The van der Waals surface area contributed by atoms with E-state index in [0.717, 1.165) is 0 Å². The molecule has 21 heavy (non-hydrogen) atoms. The zero-order valence-electron chi connectivity index (χ0n) is 11.6. The standard InChI is InChI=1S/C15H14F3NO2/c1-9(2)14(20)13-5-3-10-7-11(4-6-12(10)19-13)21-8-15(16,17)18/h3-7,9H,8H2,1-2H3. The first-order valence-corrected chi connectivity index (χ1v) is 6.41. The number of benzene rings is 1. The quantitative estimate of drug-likeness (QED) is 0.800. The Hall–Kier alpha value is -2.11. The van der Waals surface area contributed by atoms with Crippen molar-refractivity contribution in [1.29, 1.82) is 0 Å². The lowest BCUT2D eigenvalue weighted by Crippen LogP contribution is -2.19. The summed E-state index contributed by atoms with van der Waals surface area (Å²) >= 11 is 0. The normalized spacial score (nSPS) is 11.9. The molecule has 112 valence electrons. The smallest absolute Gasteiger partial charge is 0.422 e. The third-order valence-electron chi connectivity index (χ3n) is 2.84. The topological polar surface area (TPSA) is 39.2 Å². The summed E-state index contributed by atoms with van der Waals surface area (Å²) in [5.74, 6) is -0.122. The van der Waals surface area contributed by atoms with Crippen LogP contribution in [-0.2, 0) is 0 Å². The monoisotopic (exact) mass is 297 g/mol. The maximum absolute atomic E-state index is 12.1. The van der Waals surface area contributed by atoms with Crippen LogP contribution in [0.25, 0.3) is 10.9 Å². The molecular weight excluding hydrogens is 283 g/mol. The van der Waals surface area contributed by atoms with Gasteiger partial charge < -0.3 is 4.74 Å². The van der Waals surface area contributed by atoms with Crippen LogP contribution in [0.15, 0.2) is 30.3 Å². The molecule has 1 aromatic carbocycles. The molecule has 0 saturated heterocycles. The Balaban J connectivity index is 2.25. The fourth-order valence-corrected chi connectivity index (χ4v) is 1.79. The minimum absolute atomic E-state index is 0.0747. The first-order valence-electron chi connectivity index (χ1n) is 6.41. The highest BCUT2D eigenvalue weighted by Gasteiger charge is 2.28. The van der Waals surface area contributed by atoms with Gasteiger partial charge in [0.1, 0.15) is 11.4 Å². The van der Waals surface area contributed by atoms with Crippen LogP contribution in [0.1, 0.15) is 24.3 Å². The summed E-state index contributed by atoms with van der Waals surface area (Å²) in [6.45, 7) is 2.22. The van der Waals surface area contributed by atoms with E-state index >= 15 is 0 Å². The van der Waals surface area contributed by atoms with Crippen LogP contribution in [0.5, 0.6) is 5.75 Å². The third-order valence-corrected chi connectivity index (χ3v) is 2.84. The van der Waals surface area contributed by atoms with Crippen LogP contribution in [0, 0.1) is 5.92 Å². The van der Waals surface area contributed by atoms with E-state index in [2.05, 4.69) is 9.72 Å². The van der Waals surface area contributed by atoms with Crippen LogP contribution < -0.4 is 4.74 Å². The number of nitrogens with zero attached hydrogens (tertiary/aromatic N) is 1. The number of hydrogen-bond donors (Lipinski definition) is 0. The molecule has 6 heteroatoms. The molecule has 1 heterocycles. The lowest BCUT2D eigenvalue weighted by molar-refractivity contribution is -0.153. The number of pyridine rings is 1. The van der Waals surface area contributed by atoms with Crippen molar-refractivity contribution in [2.45, 2.75) is 20.0 Å². The summed E-state index contributed by atoms with van der Waals surface area (Å²) in [4.78, 5) is 16.1. The summed E-state index contributed by atoms with van der Waals surface area (Å²) in [5, 5.41) is 0.620. The molecule has 0 aliphatic heterocycles. The Morgan fingerprint density at radius 2 is 1.95 bits per heavy atom. The molecule has 2 rings (SSSR count). The lowest BCUT2D eigenvalue weighted by atomic mass is 10.0. The van der Waals surface area contributed by atoms with Gasteiger partial charge in [-0.3, -0.25) is 4.79 Å². The molecule has 0 spiro atoms. The van der Waals surface area contributed by atoms with Gasteiger partial charge in [0.2, 0.25) is 0 Å². The summed E-state index contributed by atoms with van der Waals surface area (Å²) in [5.41, 5.74) is 0.891. The Labute approximate surface area is 119 Å². The number of hydrogen-bond acceptors (Lipinski definition) is 3. The Morgan fingerprint density at radius 3 is 2.57 bits per heavy atom. The van der Waals surface area contributed by atoms with Crippen molar-refractivity contribution < 1.29 is 22.7 Å². The van der Waals surface area contributed by atoms with Gasteiger partial charge in [0.15, 0.2) is 12.4 Å². The van der Waals surface area contributed by atoms with Crippen LogP contribution in [0.2, 0.25) is 0 Å². The number of fused-ring (bicyclic) bond motifs is 1. The highest BCUT2D eigenvalue weighted by molar-refractivity contribution is 5.97. The van der Waals surface area contributed by atoms with Crippen molar-refractivity contribution in [2.24, 2.45) is 5.92 Å². The van der Waals surface area contributed by atoms with Gasteiger partial charge in [-0.15, -0.1) is 0 Å². The molecule has 1 aromatic heterocycles. The number of aromatic nitrogens is 1. The van der Waals surface area contributed by atoms with E-state index in [1.54, 1.807) is 26.0 Å². The van der Waals surface area contributed by atoms with Crippen molar-refractivity contribution in [3.63, 3.8) is 0 Å². The van der Waals surface area contributed by atoms with Crippen LogP contribution >= 0.6 is 0 Å². The Kier molecular flexibility index (Phi) is 4.16. The number of halogens is 3. The van der Waals surface area contributed by atoms with Gasteiger partial charge in [-0.2, -0.15) is 13.2 Å². The maximum Gasteiger partial charge on any atom is 0.422 e. The van der Waals surface area contributed by atoms with E-state index in [-0.39, 0.29) is 17.5 Å². The lowest BCUT2D eigenvalue weighted by Gasteiger charge is -2.10. The van der Waals surface area contributed by atoms with Gasteiger partial charge in [-0.25, -0.2) is 4.98 Å². The average molecular weight is 297 g/mol. The van der Waals surface area contributed by atoms with E-state index in [4.69, 9.17) is 0 Å². The van der Waals surface area contributed by atoms with Crippen molar-refractivity contribution in [1.82, 2.24) is 4.98 Å². The second kappa shape index (κ2) is 5.71. The van der Waals surface area contributed by atoms with Crippen molar-refractivity contribution >= 4 is 16.7 Å². The Morgan fingerprint density at radius 1 is 1.24 bits per heavy atom. The van der Waals surface area contributed by atoms with Gasteiger partial charge in [0.25, 0.3) is 0 Å². The van der Waals surface area contributed by atoms with E-state index in [0.29, 0.717) is 16.6 Å². The molecule has 0 aliphatic rings. The van der Waals surface area contributed by atoms with Crippen LogP contribution in [0.4, 0.5) is 13.2 Å². The fraction of sp³-hybridized carbons (Fsp3) is 0.333. The number of carbonyl (C=O) groups is 1. The van der Waals surface area contributed by atoms with Crippen molar-refractivity contribution in [3.8, 4) is 5.75 Å². The molecule has 0 radical (unpaired) electrons. The maximum atomic E-state index is 12.1. The first-order chi connectivity index (χ1) is 9.76. The predicted octanol–water partition coefficient (Wildman–Crippen LogP) is 4.01. The molecule has 0 unspecified atom stereocenters. The first kappa shape index (κ1) is 15.3. The van der Waals surface area contributed by atoms with Crippen molar-refractivity contribution in [3.05, 3.63) is 36.0 Å². The highest BCUT2D eigenvalue weighted by atomic mass is 19.4. The van der Waals surface area contributed by atoms with E-state index in [1.165, 1.54) is 18.2 Å². The third kappa shape index (κ3) is 3.93. The summed E-state index contributed by atoms with van der Waals surface area (Å²) in [7, 11) is 0. The number of ether oxygens (including phenoxy) is 1. The number of ketones is 1. The molecule has 0 bridgehead atoms. The fourth-order valence-electron chi connectivity index (χ4n) is 1.79. The second-order valence-electron chi connectivity index (χ2n) is 4.97. The summed E-state index contributed by atoms with van der Waals surface area (Å²) in [6, 6.07) is 7.64. The van der Waals surface area contributed by atoms with E-state index in [1.807, 2.05) is 0 Å². The molecule has 0 aliphatic carbocycles. The van der Waals surface area contributed by atoms with Gasteiger partial charge in [0, 0.05) is 11.3 Å². The summed E-state index contributed by atoms with van der Waals surface area (Å²) in [6.07, 6.45) is -4.37. The number of rotatable bonds is 4. The predicted molar refractivity (Wildman–Crippen MR) is 72.5 cm³/mol. The highest BCUT2D eigenvalue weighted by Crippen LogP contribution is 2.23. The minimum Gasteiger partial charge on any atom is -0.484 e. The van der Waals surface area contributed by atoms with E-state index < -0.39 is 12.8 Å². The molecule has 3 nitrogen and oxygen atoms in total. The molecular formula is C15H14F3NO2. The van der Waals surface area contributed by atoms with Gasteiger partial charge in [-0.05, 0) is 24.3 Å². The van der Waals surface area contributed by atoms with Crippen LogP contribution in [-0.4, -0.2) is 23.6 Å². The SMILES string of the molecule is CC(C)C(=O)c1ccc2cc(OCC(F)(F)F)ccc2n1. The van der Waals surface area contributed by atoms with E-state index in [9.17, 15) is 18.0 Å². The molecule has 0 saturated carbocycles. The molecule has 0 N–H and O–H groups in total. The zero-order valence-corrected chi connectivity index (χ0v) is 11.6. The molecule has 0 amide bonds. The van der Waals surface area contributed by atoms with Gasteiger partial charge in [0.05, 0.1) is 5.52 Å². The average Bonchev–Trinajstić information content (AvgIpc) is 2.42.